The molecule has 0 aliphatic carbocycles. The van der Waals surface area contributed by atoms with Crippen molar-refractivity contribution in [2.75, 3.05) is 4.90 Å². The highest BCUT2D eigenvalue weighted by Crippen LogP contribution is 2.44. The van der Waals surface area contributed by atoms with Gasteiger partial charge in [-0.25, -0.2) is 0 Å². The third-order valence-corrected chi connectivity index (χ3v) is 5.99. The topological polar surface area (TPSA) is 24.8 Å². The van der Waals surface area contributed by atoms with Gasteiger partial charge in [-0.05, 0) is 99.7 Å². The summed E-state index contributed by atoms with van der Waals surface area (Å²) < 4.78 is 5.86. The van der Waals surface area contributed by atoms with Crippen LogP contribution in [0.1, 0.15) is 58.1 Å². The number of hydrogen-bond donors (Lipinski definition) is 0. The molecule has 3 nitrogen and oxygen atoms in total. The SMILES string of the molecule is CC(C)N1c2ccc(C=Nc3ccc(Oc4ccccc4)cc3)cc2[C@H](C)CC1(C)C. The van der Waals surface area contributed by atoms with E-state index in [9.17, 15) is 0 Å². The van der Waals surface area contributed by atoms with Gasteiger partial charge in [0.05, 0.1) is 5.69 Å². The van der Waals surface area contributed by atoms with Crippen molar-refractivity contribution in [1.82, 2.24) is 0 Å². The summed E-state index contributed by atoms with van der Waals surface area (Å²) in [6.45, 7) is 11.6. The number of rotatable bonds is 5. The quantitative estimate of drug-likeness (QED) is 0.401. The maximum atomic E-state index is 5.86. The molecule has 0 aromatic heterocycles. The average molecular weight is 413 g/mol. The smallest absolute Gasteiger partial charge is 0.127 e. The molecule has 0 unspecified atom stereocenters. The second kappa shape index (κ2) is 8.58. The van der Waals surface area contributed by atoms with Crippen LogP contribution in [-0.2, 0) is 0 Å². The maximum absolute atomic E-state index is 5.86. The number of ether oxygens (including phenoxy) is 1. The lowest BCUT2D eigenvalue weighted by molar-refractivity contribution is 0.356. The van der Waals surface area contributed by atoms with Gasteiger partial charge in [0.1, 0.15) is 11.5 Å². The van der Waals surface area contributed by atoms with Gasteiger partial charge in [-0.1, -0.05) is 31.2 Å². The van der Waals surface area contributed by atoms with Crippen LogP contribution in [0.2, 0.25) is 0 Å². The number of para-hydroxylation sites is 1. The molecular formula is C28H32N2O. The monoisotopic (exact) mass is 412 g/mol. The predicted molar refractivity (Wildman–Crippen MR) is 131 cm³/mol. The molecule has 1 aliphatic rings. The molecule has 0 fully saturated rings. The Labute approximate surface area is 186 Å². The van der Waals surface area contributed by atoms with E-state index in [1.807, 2.05) is 60.8 Å². The highest BCUT2D eigenvalue weighted by atomic mass is 16.5. The van der Waals surface area contributed by atoms with E-state index in [0.717, 1.165) is 29.2 Å². The molecule has 0 spiro atoms. The minimum absolute atomic E-state index is 0.166. The molecule has 0 bridgehead atoms. The van der Waals surface area contributed by atoms with E-state index in [-0.39, 0.29) is 5.54 Å². The minimum atomic E-state index is 0.166. The van der Waals surface area contributed by atoms with E-state index in [0.29, 0.717) is 12.0 Å². The van der Waals surface area contributed by atoms with E-state index in [1.165, 1.54) is 11.3 Å². The highest BCUT2D eigenvalue weighted by Gasteiger charge is 2.37. The number of nitrogens with zero attached hydrogens (tertiary/aromatic N) is 2. The predicted octanol–water partition coefficient (Wildman–Crippen LogP) is 7.73. The third-order valence-electron chi connectivity index (χ3n) is 5.99. The van der Waals surface area contributed by atoms with E-state index >= 15 is 0 Å². The van der Waals surface area contributed by atoms with Gasteiger partial charge in [-0.15, -0.1) is 0 Å². The summed E-state index contributed by atoms with van der Waals surface area (Å²) in [7, 11) is 0. The summed E-state index contributed by atoms with van der Waals surface area (Å²) in [6, 6.07) is 24.9. The zero-order chi connectivity index (χ0) is 22.0. The van der Waals surface area contributed by atoms with Crippen LogP contribution >= 0.6 is 0 Å². The van der Waals surface area contributed by atoms with Crippen molar-refractivity contribution in [1.29, 1.82) is 0 Å². The Balaban J connectivity index is 1.52. The molecule has 1 heterocycles. The summed E-state index contributed by atoms with van der Waals surface area (Å²) in [4.78, 5) is 7.25. The van der Waals surface area contributed by atoms with Crippen molar-refractivity contribution >= 4 is 17.6 Å². The van der Waals surface area contributed by atoms with E-state index in [1.54, 1.807) is 0 Å². The van der Waals surface area contributed by atoms with Gasteiger partial charge in [0.2, 0.25) is 0 Å². The van der Waals surface area contributed by atoms with Crippen LogP contribution in [0, 0.1) is 0 Å². The lowest BCUT2D eigenvalue weighted by Gasteiger charge is -2.50. The van der Waals surface area contributed by atoms with Gasteiger partial charge in [0, 0.05) is 23.5 Å². The van der Waals surface area contributed by atoms with Crippen LogP contribution in [0.3, 0.4) is 0 Å². The molecule has 3 aromatic carbocycles. The first-order valence-corrected chi connectivity index (χ1v) is 11.1. The molecule has 0 saturated carbocycles. The zero-order valence-electron chi connectivity index (χ0n) is 19.2. The molecule has 0 saturated heterocycles. The fraction of sp³-hybridized carbons (Fsp3) is 0.321. The average Bonchev–Trinajstić information content (AvgIpc) is 2.73. The Morgan fingerprint density at radius 2 is 1.65 bits per heavy atom. The molecule has 1 atom stereocenters. The van der Waals surface area contributed by atoms with Gasteiger partial charge in [0.15, 0.2) is 0 Å². The number of fused-ring (bicyclic) bond motifs is 1. The zero-order valence-corrected chi connectivity index (χ0v) is 19.2. The summed E-state index contributed by atoms with van der Waals surface area (Å²) in [5.74, 6) is 2.17. The molecule has 1 aliphatic heterocycles. The molecule has 0 amide bonds. The van der Waals surface area contributed by atoms with Gasteiger partial charge < -0.3 is 9.64 Å². The molecule has 4 rings (SSSR count). The fourth-order valence-electron chi connectivity index (χ4n) is 4.90. The number of anilines is 1. The van der Waals surface area contributed by atoms with Gasteiger partial charge in [-0.3, -0.25) is 4.99 Å². The first-order chi connectivity index (χ1) is 14.8. The number of aliphatic imine (C=N–C) groups is 1. The van der Waals surface area contributed by atoms with E-state index in [4.69, 9.17) is 4.74 Å². The molecule has 3 aromatic rings. The summed E-state index contributed by atoms with van der Waals surface area (Å²) in [5.41, 5.74) is 5.00. The number of benzene rings is 3. The standard InChI is InChI=1S/C28H32N2O/c1-20(2)30-27-16-11-22(17-26(27)21(3)18-28(30,4)5)19-29-23-12-14-25(15-13-23)31-24-9-7-6-8-10-24/h6-17,19-21H,18H2,1-5H3/t21-/m1/s1. The fourth-order valence-corrected chi connectivity index (χ4v) is 4.90. The van der Waals surface area contributed by atoms with E-state index < -0.39 is 0 Å². The maximum Gasteiger partial charge on any atom is 0.127 e. The van der Waals surface area contributed by atoms with Crippen LogP contribution in [0.25, 0.3) is 0 Å². The molecule has 160 valence electrons. The lowest BCUT2D eigenvalue weighted by atomic mass is 9.79. The molecule has 0 N–H and O–H groups in total. The first kappa shape index (κ1) is 21.2. The van der Waals surface area contributed by atoms with Crippen LogP contribution in [0.15, 0.2) is 77.8 Å². The number of hydrogen-bond acceptors (Lipinski definition) is 3. The highest BCUT2D eigenvalue weighted by molar-refractivity contribution is 5.84. The van der Waals surface area contributed by atoms with Crippen molar-refractivity contribution in [3.05, 3.63) is 83.9 Å². The van der Waals surface area contributed by atoms with Crippen molar-refractivity contribution in [2.24, 2.45) is 4.99 Å². The normalized spacial score (nSPS) is 17.7. The Hall–Kier alpha value is -3.07. The van der Waals surface area contributed by atoms with Gasteiger partial charge in [-0.2, -0.15) is 0 Å². The van der Waals surface area contributed by atoms with Gasteiger partial charge >= 0.3 is 0 Å². The van der Waals surface area contributed by atoms with Crippen LogP contribution in [0.4, 0.5) is 11.4 Å². The van der Waals surface area contributed by atoms with Crippen molar-refractivity contribution in [3.8, 4) is 11.5 Å². The van der Waals surface area contributed by atoms with E-state index in [2.05, 4.69) is 62.7 Å². The van der Waals surface area contributed by atoms with Crippen LogP contribution in [0.5, 0.6) is 11.5 Å². The second-order valence-corrected chi connectivity index (χ2v) is 9.37. The van der Waals surface area contributed by atoms with Crippen molar-refractivity contribution in [2.45, 2.75) is 58.5 Å². The molecule has 0 radical (unpaired) electrons. The largest absolute Gasteiger partial charge is 0.457 e. The minimum Gasteiger partial charge on any atom is -0.457 e. The summed E-state index contributed by atoms with van der Waals surface area (Å²) in [5, 5.41) is 0. The Kier molecular flexibility index (Phi) is 5.86. The second-order valence-electron chi connectivity index (χ2n) is 9.37. The van der Waals surface area contributed by atoms with Gasteiger partial charge in [0.25, 0.3) is 0 Å². The Morgan fingerprint density at radius 1 is 0.968 bits per heavy atom. The molecule has 31 heavy (non-hydrogen) atoms. The first-order valence-electron chi connectivity index (χ1n) is 11.1. The Bertz CT molecular complexity index is 1050. The summed E-state index contributed by atoms with van der Waals surface area (Å²) in [6.07, 6.45) is 3.11. The summed E-state index contributed by atoms with van der Waals surface area (Å²) >= 11 is 0. The molecular weight excluding hydrogens is 380 g/mol. The third kappa shape index (κ3) is 4.66. The van der Waals surface area contributed by atoms with Crippen LogP contribution in [-0.4, -0.2) is 17.8 Å². The van der Waals surface area contributed by atoms with Crippen molar-refractivity contribution in [3.63, 3.8) is 0 Å². The van der Waals surface area contributed by atoms with Crippen LogP contribution < -0.4 is 9.64 Å². The lowest BCUT2D eigenvalue weighted by Crippen LogP contribution is -2.51. The van der Waals surface area contributed by atoms with Crippen molar-refractivity contribution < 1.29 is 4.74 Å². The Morgan fingerprint density at radius 3 is 2.32 bits per heavy atom. The molecule has 3 heteroatoms.